The molecule has 0 radical (unpaired) electrons. The summed E-state index contributed by atoms with van der Waals surface area (Å²) < 4.78 is 31.4. The lowest BCUT2D eigenvalue weighted by atomic mass is 10.2. The number of halogens is 2. The summed E-state index contributed by atoms with van der Waals surface area (Å²) >= 11 is 0. The van der Waals surface area contributed by atoms with E-state index in [4.69, 9.17) is 4.74 Å². The Bertz CT molecular complexity index is 1000. The first-order valence-corrected chi connectivity index (χ1v) is 9.28. The molecule has 0 aromatic carbocycles. The fourth-order valence-electron chi connectivity index (χ4n) is 2.95. The quantitative estimate of drug-likeness (QED) is 0.625. The highest BCUT2D eigenvalue weighted by Crippen LogP contribution is 2.20. The number of alkyl halides is 2. The van der Waals surface area contributed by atoms with Crippen LogP contribution in [0.15, 0.2) is 30.7 Å². The molecule has 0 bridgehead atoms. The van der Waals surface area contributed by atoms with E-state index in [0.29, 0.717) is 23.7 Å². The van der Waals surface area contributed by atoms with Crippen LogP contribution in [0.25, 0.3) is 10.9 Å². The van der Waals surface area contributed by atoms with Crippen molar-refractivity contribution in [2.24, 2.45) is 0 Å². The molecule has 3 heterocycles. The normalized spacial score (nSPS) is 11.4. The minimum atomic E-state index is -2.53. The second-order valence-electron chi connectivity index (χ2n) is 7.06. The molecule has 9 heteroatoms. The number of hydrogen-bond donors (Lipinski definition) is 1. The third kappa shape index (κ3) is 5.46. The number of hydrogen-bond acceptors (Lipinski definition) is 5. The SMILES string of the molecule is Cc1cc(Cn2cc3c(CC(=O)NC(C)C)nccc3n2)ncc1OCC(F)F. The molecule has 0 aliphatic rings. The fraction of sp³-hybridized carbons (Fsp3) is 0.400. The summed E-state index contributed by atoms with van der Waals surface area (Å²) in [7, 11) is 0. The highest BCUT2D eigenvalue weighted by molar-refractivity contribution is 5.86. The molecular weight excluding hydrogens is 380 g/mol. The molecule has 154 valence electrons. The number of nitrogens with zero attached hydrogens (tertiary/aromatic N) is 4. The summed E-state index contributed by atoms with van der Waals surface area (Å²) in [5.74, 6) is 0.242. The molecule has 0 atom stereocenters. The van der Waals surface area contributed by atoms with Gasteiger partial charge in [0.1, 0.15) is 12.4 Å². The van der Waals surface area contributed by atoms with Crippen LogP contribution in [0.3, 0.4) is 0 Å². The van der Waals surface area contributed by atoms with Gasteiger partial charge in [-0.3, -0.25) is 19.4 Å². The van der Waals surface area contributed by atoms with Gasteiger partial charge >= 0.3 is 0 Å². The Morgan fingerprint density at radius 3 is 2.79 bits per heavy atom. The van der Waals surface area contributed by atoms with E-state index in [2.05, 4.69) is 20.4 Å². The van der Waals surface area contributed by atoms with E-state index in [9.17, 15) is 13.6 Å². The first-order valence-electron chi connectivity index (χ1n) is 9.28. The van der Waals surface area contributed by atoms with E-state index < -0.39 is 13.0 Å². The zero-order valence-corrected chi connectivity index (χ0v) is 16.5. The molecule has 0 spiro atoms. The topological polar surface area (TPSA) is 81.9 Å². The average Bonchev–Trinajstić information content (AvgIpc) is 3.03. The summed E-state index contributed by atoms with van der Waals surface area (Å²) in [6.07, 6.45) is 2.55. The van der Waals surface area contributed by atoms with E-state index >= 15 is 0 Å². The van der Waals surface area contributed by atoms with Crippen LogP contribution in [-0.4, -0.2) is 44.7 Å². The molecule has 3 aromatic heterocycles. The first kappa shape index (κ1) is 20.6. The van der Waals surface area contributed by atoms with Crippen molar-refractivity contribution in [1.29, 1.82) is 0 Å². The Morgan fingerprint density at radius 2 is 2.10 bits per heavy atom. The number of carbonyl (C=O) groups excluding carboxylic acids is 1. The van der Waals surface area contributed by atoms with Gasteiger partial charge in [0, 0.05) is 23.8 Å². The van der Waals surface area contributed by atoms with Gasteiger partial charge in [0.2, 0.25) is 5.91 Å². The smallest absolute Gasteiger partial charge is 0.272 e. The molecule has 0 aliphatic carbocycles. The summed E-state index contributed by atoms with van der Waals surface area (Å²) in [5.41, 5.74) is 2.83. The van der Waals surface area contributed by atoms with E-state index in [1.54, 1.807) is 29.9 Å². The van der Waals surface area contributed by atoms with E-state index in [1.165, 1.54) is 6.20 Å². The second kappa shape index (κ2) is 8.93. The molecule has 1 N–H and O–H groups in total. The lowest BCUT2D eigenvalue weighted by Gasteiger charge is -2.09. The predicted octanol–water partition coefficient (Wildman–Crippen LogP) is 2.89. The van der Waals surface area contributed by atoms with Crippen molar-refractivity contribution in [2.75, 3.05) is 6.61 Å². The van der Waals surface area contributed by atoms with Crippen molar-refractivity contribution in [2.45, 2.75) is 46.2 Å². The molecule has 7 nitrogen and oxygen atoms in total. The zero-order chi connectivity index (χ0) is 21.0. The zero-order valence-electron chi connectivity index (χ0n) is 16.5. The Balaban J connectivity index is 1.76. The van der Waals surface area contributed by atoms with Crippen molar-refractivity contribution < 1.29 is 18.3 Å². The molecule has 29 heavy (non-hydrogen) atoms. The molecule has 0 fully saturated rings. The van der Waals surface area contributed by atoms with Crippen molar-refractivity contribution in [3.63, 3.8) is 0 Å². The van der Waals surface area contributed by atoms with E-state index in [-0.39, 0.29) is 18.4 Å². The van der Waals surface area contributed by atoms with Crippen molar-refractivity contribution in [3.8, 4) is 5.75 Å². The molecule has 0 saturated carbocycles. The molecule has 0 aliphatic heterocycles. The van der Waals surface area contributed by atoms with Crippen molar-refractivity contribution >= 4 is 16.8 Å². The molecule has 0 unspecified atom stereocenters. The van der Waals surface area contributed by atoms with Crippen LogP contribution in [-0.2, 0) is 17.8 Å². The third-order valence-electron chi connectivity index (χ3n) is 4.15. The van der Waals surface area contributed by atoms with Gasteiger partial charge in [-0.1, -0.05) is 0 Å². The standard InChI is InChI=1S/C20H23F2N5O2/c1-12(2)25-20(28)7-17-15-10-27(26-16(15)4-5-23-17)9-14-6-13(3)18(8-24-14)29-11-19(21)22/h4-6,8,10,12,19H,7,9,11H2,1-3H3,(H,25,28). The van der Waals surface area contributed by atoms with Crippen LogP contribution in [0.1, 0.15) is 30.8 Å². The number of fused-ring (bicyclic) bond motifs is 1. The summed E-state index contributed by atoms with van der Waals surface area (Å²) in [6.45, 7) is 5.32. The highest BCUT2D eigenvalue weighted by Gasteiger charge is 2.13. The largest absolute Gasteiger partial charge is 0.486 e. The Hall–Kier alpha value is -3.10. The van der Waals surface area contributed by atoms with Crippen molar-refractivity contribution in [1.82, 2.24) is 25.1 Å². The number of nitrogens with one attached hydrogen (secondary N) is 1. The molecule has 0 saturated heterocycles. The van der Waals surface area contributed by atoms with Crippen LogP contribution in [0.5, 0.6) is 5.75 Å². The maximum Gasteiger partial charge on any atom is 0.272 e. The summed E-state index contributed by atoms with van der Waals surface area (Å²) in [5, 5.41) is 8.18. The van der Waals surface area contributed by atoms with Crippen LogP contribution >= 0.6 is 0 Å². The van der Waals surface area contributed by atoms with Gasteiger partial charge in [-0.15, -0.1) is 0 Å². The summed E-state index contributed by atoms with van der Waals surface area (Å²) in [6, 6.07) is 3.63. The fourth-order valence-corrected chi connectivity index (χ4v) is 2.95. The van der Waals surface area contributed by atoms with Gasteiger partial charge in [0.05, 0.1) is 36.1 Å². The van der Waals surface area contributed by atoms with Crippen LogP contribution in [0.4, 0.5) is 8.78 Å². The van der Waals surface area contributed by atoms with Gasteiger partial charge in [-0.25, -0.2) is 8.78 Å². The lowest BCUT2D eigenvalue weighted by molar-refractivity contribution is -0.120. The number of ether oxygens (including phenoxy) is 1. The van der Waals surface area contributed by atoms with Crippen LogP contribution in [0, 0.1) is 6.92 Å². The number of amides is 1. The van der Waals surface area contributed by atoms with E-state index in [1.807, 2.05) is 20.0 Å². The number of carbonyl (C=O) groups is 1. The average molecular weight is 403 g/mol. The third-order valence-corrected chi connectivity index (χ3v) is 4.15. The Kier molecular flexibility index (Phi) is 6.36. The number of pyridine rings is 2. The highest BCUT2D eigenvalue weighted by atomic mass is 19.3. The van der Waals surface area contributed by atoms with E-state index in [0.717, 1.165) is 16.5 Å². The molecule has 3 rings (SSSR count). The minimum Gasteiger partial charge on any atom is -0.486 e. The van der Waals surface area contributed by atoms with Gasteiger partial charge in [-0.05, 0) is 38.5 Å². The maximum atomic E-state index is 12.3. The van der Waals surface area contributed by atoms with Gasteiger partial charge in [-0.2, -0.15) is 5.10 Å². The van der Waals surface area contributed by atoms with Gasteiger partial charge in [0.15, 0.2) is 0 Å². The Labute approximate surface area is 167 Å². The minimum absolute atomic E-state index is 0.0615. The monoisotopic (exact) mass is 403 g/mol. The molecular formula is C20H23F2N5O2. The second-order valence-corrected chi connectivity index (χ2v) is 7.06. The van der Waals surface area contributed by atoms with Crippen molar-refractivity contribution in [3.05, 3.63) is 47.7 Å². The molecule has 1 amide bonds. The van der Waals surface area contributed by atoms with Crippen LogP contribution in [0.2, 0.25) is 0 Å². The number of aromatic nitrogens is 4. The number of rotatable bonds is 8. The maximum absolute atomic E-state index is 12.3. The van der Waals surface area contributed by atoms with Crippen LogP contribution < -0.4 is 10.1 Å². The molecule has 3 aromatic rings. The number of aryl methyl sites for hydroxylation is 1. The summed E-state index contributed by atoms with van der Waals surface area (Å²) in [4.78, 5) is 20.7. The first-order chi connectivity index (χ1) is 13.8. The Morgan fingerprint density at radius 1 is 1.31 bits per heavy atom. The van der Waals surface area contributed by atoms with Gasteiger partial charge < -0.3 is 10.1 Å². The predicted molar refractivity (Wildman–Crippen MR) is 104 cm³/mol. The lowest BCUT2D eigenvalue weighted by Crippen LogP contribution is -2.31. The van der Waals surface area contributed by atoms with Gasteiger partial charge in [0.25, 0.3) is 6.43 Å².